The minimum Gasteiger partial charge on any atom is -0.482 e. The van der Waals surface area contributed by atoms with Gasteiger partial charge < -0.3 is 19.7 Å². The molecule has 2 aromatic carbocycles. The lowest BCUT2D eigenvalue weighted by molar-refractivity contribution is -0.150. The number of hydrogen-bond acceptors (Lipinski definition) is 5. The van der Waals surface area contributed by atoms with Gasteiger partial charge in [-0.25, -0.2) is 4.79 Å². The zero-order chi connectivity index (χ0) is 26.9. The lowest BCUT2D eigenvalue weighted by atomic mass is 9.73. The van der Waals surface area contributed by atoms with Crippen LogP contribution in [0, 0.1) is 17.8 Å². The smallest absolute Gasteiger partial charge is 0.341 e. The van der Waals surface area contributed by atoms with Gasteiger partial charge >= 0.3 is 11.9 Å². The molecular weight excluding hydrogens is 480 g/mol. The molecule has 0 heterocycles. The van der Waals surface area contributed by atoms with Crippen molar-refractivity contribution in [3.05, 3.63) is 65.2 Å². The summed E-state index contributed by atoms with van der Waals surface area (Å²) in [4.78, 5) is 23.7. The molecule has 206 valence electrons. The number of carbonyl (C=O) groups excluding carboxylic acids is 1. The molecule has 2 aromatic rings. The van der Waals surface area contributed by atoms with Crippen molar-refractivity contribution >= 4 is 11.9 Å². The van der Waals surface area contributed by atoms with Crippen molar-refractivity contribution < 1.29 is 29.3 Å². The normalized spacial score (nSPS) is 22.8. The predicted molar refractivity (Wildman–Crippen MR) is 146 cm³/mol. The monoisotopic (exact) mass is 522 g/mol. The summed E-state index contributed by atoms with van der Waals surface area (Å²) in [5, 5.41) is 20.1. The van der Waals surface area contributed by atoms with Gasteiger partial charge in [-0.2, -0.15) is 0 Å². The van der Waals surface area contributed by atoms with Crippen LogP contribution in [0.25, 0.3) is 0 Å². The van der Waals surface area contributed by atoms with Gasteiger partial charge in [-0.15, -0.1) is 0 Å². The van der Waals surface area contributed by atoms with Crippen molar-refractivity contribution in [3.8, 4) is 5.75 Å². The maximum Gasteiger partial charge on any atom is 0.341 e. The number of ether oxygens (including phenoxy) is 2. The van der Waals surface area contributed by atoms with E-state index < -0.39 is 5.97 Å². The number of unbranched alkanes of at least 4 members (excludes halogenated alkanes) is 2. The molecule has 0 aromatic heterocycles. The predicted octanol–water partition coefficient (Wildman–Crippen LogP) is 5.77. The average molecular weight is 523 g/mol. The van der Waals surface area contributed by atoms with Crippen LogP contribution in [0.1, 0.15) is 75.0 Å². The number of carboxylic acids is 1. The molecule has 0 spiro atoms. The highest BCUT2D eigenvalue weighted by atomic mass is 16.5. The minimum absolute atomic E-state index is 0.108. The van der Waals surface area contributed by atoms with Crippen molar-refractivity contribution in [2.45, 2.75) is 89.8 Å². The van der Waals surface area contributed by atoms with Crippen LogP contribution in [0.15, 0.2) is 48.5 Å². The number of aryl methyl sites for hydroxylation is 1. The Labute approximate surface area is 226 Å². The summed E-state index contributed by atoms with van der Waals surface area (Å²) in [7, 11) is 0. The van der Waals surface area contributed by atoms with Gasteiger partial charge in [-0.05, 0) is 91.9 Å². The third kappa shape index (κ3) is 7.59. The second-order valence-corrected chi connectivity index (χ2v) is 11.0. The topological polar surface area (TPSA) is 93.1 Å². The van der Waals surface area contributed by atoms with Gasteiger partial charge in [0, 0.05) is 6.42 Å². The van der Waals surface area contributed by atoms with E-state index >= 15 is 0 Å². The summed E-state index contributed by atoms with van der Waals surface area (Å²) < 4.78 is 11.6. The molecule has 6 heteroatoms. The van der Waals surface area contributed by atoms with Crippen LogP contribution in [-0.4, -0.2) is 41.0 Å². The number of benzene rings is 2. The first kappa shape index (κ1) is 28.2. The number of rotatable bonds is 14. The Morgan fingerprint density at radius 1 is 1.03 bits per heavy atom. The van der Waals surface area contributed by atoms with Crippen molar-refractivity contribution in [2.75, 3.05) is 6.61 Å². The van der Waals surface area contributed by atoms with Gasteiger partial charge in [0.15, 0.2) is 6.61 Å². The first-order valence-corrected chi connectivity index (χ1v) is 14.3. The summed E-state index contributed by atoms with van der Waals surface area (Å²) in [6.45, 7) is 1.83. The molecule has 2 N–H and O–H groups in total. The van der Waals surface area contributed by atoms with E-state index in [-0.39, 0.29) is 30.7 Å². The van der Waals surface area contributed by atoms with Crippen molar-refractivity contribution in [1.29, 1.82) is 0 Å². The number of carbonyl (C=O) groups is 2. The fourth-order valence-electron chi connectivity index (χ4n) is 6.48. The van der Waals surface area contributed by atoms with Crippen LogP contribution in [0.2, 0.25) is 0 Å². The molecule has 0 saturated heterocycles. The molecule has 1 fully saturated rings. The Kier molecular flexibility index (Phi) is 10.2. The van der Waals surface area contributed by atoms with Crippen LogP contribution < -0.4 is 4.74 Å². The van der Waals surface area contributed by atoms with E-state index in [1.54, 1.807) is 0 Å². The first-order valence-electron chi connectivity index (χ1n) is 14.3. The Hall–Kier alpha value is -2.86. The minimum atomic E-state index is -0.984. The number of fused-ring (bicyclic) bond motifs is 2. The van der Waals surface area contributed by atoms with Crippen LogP contribution in [-0.2, 0) is 33.6 Å². The molecule has 0 radical (unpaired) electrons. The molecule has 0 bridgehead atoms. The summed E-state index contributed by atoms with van der Waals surface area (Å²) in [6.07, 6.45) is 8.79. The third-order valence-electron chi connectivity index (χ3n) is 8.41. The van der Waals surface area contributed by atoms with Crippen LogP contribution in [0.5, 0.6) is 5.75 Å². The fraction of sp³-hybridized carbons (Fsp3) is 0.562. The molecule has 38 heavy (non-hydrogen) atoms. The Morgan fingerprint density at radius 2 is 1.84 bits per heavy atom. The Morgan fingerprint density at radius 3 is 2.61 bits per heavy atom. The lowest BCUT2D eigenvalue weighted by Crippen LogP contribution is -2.29. The molecule has 2 aliphatic carbocycles. The maximum absolute atomic E-state index is 12.7. The van der Waals surface area contributed by atoms with Crippen LogP contribution in [0.4, 0.5) is 0 Å². The summed E-state index contributed by atoms with van der Waals surface area (Å²) >= 11 is 0. The van der Waals surface area contributed by atoms with E-state index in [4.69, 9.17) is 14.6 Å². The molecule has 4 rings (SSSR count). The zero-order valence-corrected chi connectivity index (χ0v) is 22.5. The van der Waals surface area contributed by atoms with E-state index in [0.29, 0.717) is 30.4 Å². The molecule has 2 aliphatic rings. The van der Waals surface area contributed by atoms with E-state index in [2.05, 4.69) is 13.0 Å². The molecule has 5 atom stereocenters. The maximum atomic E-state index is 12.7. The quantitative estimate of drug-likeness (QED) is 0.242. The fourth-order valence-corrected chi connectivity index (χ4v) is 6.48. The van der Waals surface area contributed by atoms with Crippen molar-refractivity contribution in [2.24, 2.45) is 17.8 Å². The van der Waals surface area contributed by atoms with E-state index in [0.717, 1.165) is 68.9 Å². The third-order valence-corrected chi connectivity index (χ3v) is 8.41. The molecule has 0 amide bonds. The molecular formula is C32H42O6. The zero-order valence-electron chi connectivity index (χ0n) is 22.5. The van der Waals surface area contributed by atoms with E-state index in [1.165, 1.54) is 5.56 Å². The van der Waals surface area contributed by atoms with Gasteiger partial charge in [0.2, 0.25) is 0 Å². The van der Waals surface area contributed by atoms with Gasteiger partial charge in [0.05, 0.1) is 6.10 Å². The summed E-state index contributed by atoms with van der Waals surface area (Å²) in [5.74, 6) is 0.428. The number of aliphatic hydroxyl groups is 1. The van der Waals surface area contributed by atoms with Gasteiger partial charge in [0.1, 0.15) is 11.9 Å². The van der Waals surface area contributed by atoms with Crippen molar-refractivity contribution in [3.63, 3.8) is 0 Å². The standard InChI is InChI=1S/C32H42O6/c1-2-3-5-12-25(38-32(36)17-14-22-9-6-4-7-10-22)15-16-26-27-18-23-11-8-13-30(37-21-31(34)35)28(23)19-24(27)20-29(26)33/h4,6-11,13,24-27,29,33H,2-3,5,12,14-21H2,1H3,(H,34,35)/t24-,25-,26+,27-,29+/m0/s1. The number of aliphatic carboxylic acids is 1. The molecule has 1 saturated carbocycles. The lowest BCUT2D eigenvalue weighted by Gasteiger charge is -2.32. The second-order valence-electron chi connectivity index (χ2n) is 11.0. The number of carboxylic acid groups (broad SMARTS) is 1. The molecule has 0 unspecified atom stereocenters. The SMILES string of the molecule is CCCCC[C@@H](CC[C@@H]1[C@H]2Cc3cccc(OCC(=O)O)c3C[C@H]2C[C@H]1O)OC(=O)CCc1ccccc1. The average Bonchev–Trinajstić information content (AvgIpc) is 3.22. The van der Waals surface area contributed by atoms with Crippen molar-refractivity contribution in [1.82, 2.24) is 0 Å². The van der Waals surface area contributed by atoms with Gasteiger partial charge in [-0.1, -0.05) is 62.2 Å². The van der Waals surface area contributed by atoms with E-state index in [9.17, 15) is 14.7 Å². The van der Waals surface area contributed by atoms with E-state index in [1.807, 2.05) is 42.5 Å². The summed E-state index contributed by atoms with van der Waals surface area (Å²) in [6, 6.07) is 15.9. The highest BCUT2D eigenvalue weighted by Crippen LogP contribution is 2.48. The van der Waals surface area contributed by atoms with Gasteiger partial charge in [-0.3, -0.25) is 4.79 Å². The number of hydrogen-bond donors (Lipinski definition) is 2. The molecule has 0 aliphatic heterocycles. The van der Waals surface area contributed by atoms with Gasteiger partial charge in [0.25, 0.3) is 0 Å². The first-order chi connectivity index (χ1) is 18.4. The Bertz CT molecular complexity index is 1050. The summed E-state index contributed by atoms with van der Waals surface area (Å²) in [5.41, 5.74) is 3.42. The highest BCUT2D eigenvalue weighted by molar-refractivity contribution is 5.70. The number of esters is 1. The number of aliphatic hydroxyl groups excluding tert-OH is 1. The van der Waals surface area contributed by atoms with Crippen LogP contribution in [0.3, 0.4) is 0 Å². The Balaban J connectivity index is 1.35. The second kappa shape index (κ2) is 13.8. The largest absolute Gasteiger partial charge is 0.482 e. The molecule has 6 nitrogen and oxygen atoms in total. The van der Waals surface area contributed by atoms with Crippen LogP contribution >= 0.6 is 0 Å². The highest BCUT2D eigenvalue weighted by Gasteiger charge is 2.45.